The van der Waals surface area contributed by atoms with Gasteiger partial charge in [-0.15, -0.1) is 0 Å². The second-order valence-electron chi connectivity index (χ2n) is 7.12. The van der Waals surface area contributed by atoms with Crippen LogP contribution in [0.2, 0.25) is 0 Å². The summed E-state index contributed by atoms with van der Waals surface area (Å²) < 4.78 is 13.8. The van der Waals surface area contributed by atoms with Crippen LogP contribution in [-0.2, 0) is 4.74 Å². The summed E-state index contributed by atoms with van der Waals surface area (Å²) in [5.41, 5.74) is 0.602. The number of rotatable bonds is 4. The van der Waals surface area contributed by atoms with Crippen molar-refractivity contribution in [3.05, 3.63) is 12.0 Å². The van der Waals surface area contributed by atoms with Crippen LogP contribution in [0.15, 0.2) is 6.20 Å². The Morgan fingerprint density at radius 2 is 2.19 bits per heavy atom. The van der Waals surface area contributed by atoms with E-state index in [2.05, 4.69) is 33.9 Å². The molecule has 0 aromatic carbocycles. The summed E-state index contributed by atoms with van der Waals surface area (Å²) in [4.78, 5) is 11.0. The lowest BCUT2D eigenvalue weighted by Crippen LogP contribution is -2.38. The molecule has 0 saturated carbocycles. The standard InChI is InChI=1S/C18H24N6O2/c1-12(14-6-5-8-23(14)2)26-18-13-11-20-24(16-7-3-4-9-25-16)17(13)21-15(10-19)22-18/h11-12,14,16H,3-9H2,1-2H3/t12-,14-,16?/m0/s1. The van der Waals surface area contributed by atoms with Crippen molar-refractivity contribution in [1.82, 2.24) is 24.6 Å². The molecule has 2 aliphatic rings. The number of aromatic nitrogens is 4. The van der Waals surface area contributed by atoms with Crippen molar-refractivity contribution >= 4 is 11.0 Å². The Hall–Kier alpha value is -2.24. The van der Waals surface area contributed by atoms with Crippen molar-refractivity contribution in [2.45, 2.75) is 57.4 Å². The van der Waals surface area contributed by atoms with Crippen molar-refractivity contribution in [1.29, 1.82) is 5.26 Å². The van der Waals surface area contributed by atoms with E-state index in [1.807, 2.05) is 6.07 Å². The lowest BCUT2D eigenvalue weighted by Gasteiger charge is -2.26. The number of hydrogen-bond acceptors (Lipinski definition) is 7. The SMILES string of the molecule is C[C@H](Oc1nc(C#N)nc2c1cnn2C1CCCCO1)[C@@H]1CCCN1C. The van der Waals surface area contributed by atoms with Gasteiger partial charge in [-0.2, -0.15) is 20.3 Å². The molecule has 0 bridgehead atoms. The van der Waals surface area contributed by atoms with Crippen molar-refractivity contribution in [2.75, 3.05) is 20.2 Å². The van der Waals surface area contributed by atoms with Crippen LogP contribution in [0.25, 0.3) is 11.0 Å². The molecule has 1 unspecified atom stereocenters. The fourth-order valence-corrected chi connectivity index (χ4v) is 3.95. The Morgan fingerprint density at radius 1 is 1.31 bits per heavy atom. The topological polar surface area (TPSA) is 89.1 Å². The lowest BCUT2D eigenvalue weighted by atomic mass is 10.1. The zero-order valence-corrected chi connectivity index (χ0v) is 15.3. The van der Waals surface area contributed by atoms with E-state index in [0.29, 0.717) is 17.6 Å². The molecular formula is C18H24N6O2. The van der Waals surface area contributed by atoms with Gasteiger partial charge in [0.25, 0.3) is 0 Å². The van der Waals surface area contributed by atoms with Crippen molar-refractivity contribution in [2.24, 2.45) is 0 Å². The fourth-order valence-electron chi connectivity index (χ4n) is 3.95. The van der Waals surface area contributed by atoms with Gasteiger partial charge < -0.3 is 9.47 Å². The quantitative estimate of drug-likeness (QED) is 0.830. The minimum absolute atomic E-state index is 0.0265. The van der Waals surface area contributed by atoms with E-state index in [0.717, 1.165) is 44.2 Å². The van der Waals surface area contributed by atoms with E-state index in [9.17, 15) is 5.26 Å². The van der Waals surface area contributed by atoms with Gasteiger partial charge in [0, 0.05) is 12.6 Å². The molecule has 0 spiro atoms. The molecule has 2 aromatic rings. The molecule has 8 nitrogen and oxygen atoms in total. The van der Waals surface area contributed by atoms with E-state index in [-0.39, 0.29) is 18.2 Å². The first-order chi connectivity index (χ1) is 12.7. The predicted molar refractivity (Wildman–Crippen MR) is 94.6 cm³/mol. The van der Waals surface area contributed by atoms with Gasteiger partial charge in [0.15, 0.2) is 11.9 Å². The molecule has 8 heteroatoms. The first-order valence-electron chi connectivity index (χ1n) is 9.31. The molecule has 0 aliphatic carbocycles. The molecule has 138 valence electrons. The highest BCUT2D eigenvalue weighted by atomic mass is 16.5. The maximum absolute atomic E-state index is 9.35. The Bertz CT molecular complexity index is 823. The summed E-state index contributed by atoms with van der Waals surface area (Å²) >= 11 is 0. The molecule has 26 heavy (non-hydrogen) atoms. The maximum Gasteiger partial charge on any atom is 0.237 e. The monoisotopic (exact) mass is 356 g/mol. The molecule has 4 heterocycles. The zero-order chi connectivity index (χ0) is 18.1. The average molecular weight is 356 g/mol. The van der Waals surface area contributed by atoms with Crippen molar-refractivity contribution in [3.63, 3.8) is 0 Å². The number of ether oxygens (including phenoxy) is 2. The smallest absolute Gasteiger partial charge is 0.237 e. The molecule has 0 amide bonds. The van der Waals surface area contributed by atoms with Gasteiger partial charge in [-0.05, 0) is 52.6 Å². The highest BCUT2D eigenvalue weighted by Gasteiger charge is 2.29. The number of fused-ring (bicyclic) bond motifs is 1. The van der Waals surface area contributed by atoms with Gasteiger partial charge in [0.2, 0.25) is 11.7 Å². The summed E-state index contributed by atoms with van der Waals surface area (Å²) in [6.45, 7) is 3.86. The highest BCUT2D eigenvalue weighted by Crippen LogP contribution is 2.30. The summed E-state index contributed by atoms with van der Waals surface area (Å²) in [5, 5.41) is 14.5. The number of hydrogen-bond donors (Lipinski definition) is 0. The highest BCUT2D eigenvalue weighted by molar-refractivity contribution is 5.80. The van der Waals surface area contributed by atoms with Crippen LogP contribution in [0.3, 0.4) is 0 Å². The molecule has 2 fully saturated rings. The van der Waals surface area contributed by atoms with Gasteiger partial charge in [0.1, 0.15) is 17.6 Å². The molecule has 2 saturated heterocycles. The van der Waals surface area contributed by atoms with Crippen LogP contribution in [0.4, 0.5) is 0 Å². The van der Waals surface area contributed by atoms with Gasteiger partial charge in [-0.25, -0.2) is 4.68 Å². The van der Waals surface area contributed by atoms with E-state index in [1.54, 1.807) is 10.9 Å². The van der Waals surface area contributed by atoms with E-state index < -0.39 is 0 Å². The fraction of sp³-hybridized carbons (Fsp3) is 0.667. The molecule has 2 aromatic heterocycles. The third kappa shape index (κ3) is 3.13. The van der Waals surface area contributed by atoms with E-state index in [4.69, 9.17) is 9.47 Å². The number of likely N-dealkylation sites (N-methyl/N-ethyl adjacent to an activating group) is 1. The second kappa shape index (κ2) is 7.17. The zero-order valence-electron chi connectivity index (χ0n) is 15.3. The van der Waals surface area contributed by atoms with Crippen LogP contribution >= 0.6 is 0 Å². The first-order valence-corrected chi connectivity index (χ1v) is 9.31. The van der Waals surface area contributed by atoms with Crippen LogP contribution in [0, 0.1) is 11.3 Å². The Labute approximate surface area is 152 Å². The summed E-state index contributed by atoms with van der Waals surface area (Å²) in [7, 11) is 2.12. The van der Waals surface area contributed by atoms with E-state index in [1.165, 1.54) is 6.42 Å². The molecule has 0 N–H and O–H groups in total. The Kier molecular flexibility index (Phi) is 4.74. The third-order valence-electron chi connectivity index (χ3n) is 5.36. The van der Waals surface area contributed by atoms with Crippen LogP contribution in [0.1, 0.15) is 51.1 Å². The number of nitriles is 1. The van der Waals surface area contributed by atoms with Gasteiger partial charge in [0.05, 0.1) is 6.20 Å². The number of likely N-dealkylation sites (tertiary alicyclic amines) is 1. The average Bonchev–Trinajstić information content (AvgIpc) is 3.28. The van der Waals surface area contributed by atoms with Crippen LogP contribution in [-0.4, -0.2) is 57.0 Å². The summed E-state index contributed by atoms with van der Waals surface area (Å²) in [6, 6.07) is 2.39. The molecule has 2 aliphatic heterocycles. The van der Waals surface area contributed by atoms with Crippen LogP contribution < -0.4 is 4.74 Å². The van der Waals surface area contributed by atoms with Crippen LogP contribution in [0.5, 0.6) is 5.88 Å². The molecule has 3 atom stereocenters. The van der Waals surface area contributed by atoms with Gasteiger partial charge in [-0.1, -0.05) is 0 Å². The first kappa shape index (κ1) is 17.2. The third-order valence-corrected chi connectivity index (χ3v) is 5.36. The molecular weight excluding hydrogens is 332 g/mol. The second-order valence-corrected chi connectivity index (χ2v) is 7.12. The Morgan fingerprint density at radius 3 is 2.88 bits per heavy atom. The van der Waals surface area contributed by atoms with E-state index >= 15 is 0 Å². The number of nitrogens with zero attached hydrogens (tertiary/aromatic N) is 6. The van der Waals surface area contributed by atoms with Gasteiger partial charge in [-0.3, -0.25) is 4.90 Å². The van der Waals surface area contributed by atoms with Gasteiger partial charge >= 0.3 is 0 Å². The van der Waals surface area contributed by atoms with Crippen molar-refractivity contribution < 1.29 is 9.47 Å². The lowest BCUT2D eigenvalue weighted by molar-refractivity contribution is -0.0370. The minimum Gasteiger partial charge on any atom is -0.472 e. The molecule has 4 rings (SSSR count). The maximum atomic E-state index is 9.35. The minimum atomic E-state index is -0.145. The Balaban J connectivity index is 1.68. The summed E-state index contributed by atoms with van der Waals surface area (Å²) in [6.07, 6.45) is 6.87. The van der Waals surface area contributed by atoms with Crippen molar-refractivity contribution in [3.8, 4) is 11.9 Å². The summed E-state index contributed by atoms with van der Waals surface area (Å²) in [5.74, 6) is 0.526. The molecule has 0 radical (unpaired) electrons. The predicted octanol–water partition coefficient (Wildman–Crippen LogP) is 2.26. The normalized spacial score (nSPS) is 25.3. The largest absolute Gasteiger partial charge is 0.472 e.